The second-order valence-electron chi connectivity index (χ2n) is 5.74. The molecule has 1 N–H and O–H groups in total. The predicted molar refractivity (Wildman–Crippen MR) is 63.3 cm³/mol. The van der Waals surface area contributed by atoms with Crippen molar-refractivity contribution in [2.24, 2.45) is 11.8 Å². The first-order valence-corrected chi connectivity index (χ1v) is 6.58. The van der Waals surface area contributed by atoms with Gasteiger partial charge in [-0.25, -0.2) is 0 Å². The van der Waals surface area contributed by atoms with E-state index in [1.54, 1.807) is 0 Å². The van der Waals surface area contributed by atoms with Gasteiger partial charge in [-0.15, -0.1) is 0 Å². The zero-order valence-electron chi connectivity index (χ0n) is 10.4. The standard InChI is InChI=1S/C13H23NO2/c1-9(2)7-8-14(10-3-4-10)12-6-5-11(12)13(15)16/h9-12H,3-8H2,1-2H3,(H,15,16). The number of carboxylic acids is 1. The maximum atomic E-state index is 11.1. The summed E-state index contributed by atoms with van der Waals surface area (Å²) in [7, 11) is 0. The van der Waals surface area contributed by atoms with Crippen molar-refractivity contribution in [2.75, 3.05) is 6.54 Å². The van der Waals surface area contributed by atoms with E-state index in [9.17, 15) is 4.79 Å². The van der Waals surface area contributed by atoms with Gasteiger partial charge in [0.2, 0.25) is 0 Å². The van der Waals surface area contributed by atoms with Crippen LogP contribution in [0.3, 0.4) is 0 Å². The van der Waals surface area contributed by atoms with E-state index in [1.165, 1.54) is 19.3 Å². The van der Waals surface area contributed by atoms with Gasteiger partial charge in [-0.05, 0) is 44.6 Å². The van der Waals surface area contributed by atoms with Crippen molar-refractivity contribution in [3.05, 3.63) is 0 Å². The van der Waals surface area contributed by atoms with Crippen molar-refractivity contribution in [3.63, 3.8) is 0 Å². The Balaban J connectivity index is 1.89. The normalized spacial score (nSPS) is 29.5. The molecule has 92 valence electrons. The third kappa shape index (κ3) is 2.57. The van der Waals surface area contributed by atoms with Gasteiger partial charge in [-0.1, -0.05) is 13.8 Å². The van der Waals surface area contributed by atoms with Crippen LogP contribution in [0.1, 0.15) is 46.0 Å². The monoisotopic (exact) mass is 225 g/mol. The molecule has 0 radical (unpaired) electrons. The zero-order valence-corrected chi connectivity index (χ0v) is 10.4. The number of nitrogens with zero attached hydrogens (tertiary/aromatic N) is 1. The van der Waals surface area contributed by atoms with E-state index in [1.807, 2.05) is 0 Å². The van der Waals surface area contributed by atoms with Crippen LogP contribution in [0.5, 0.6) is 0 Å². The van der Waals surface area contributed by atoms with Crippen LogP contribution in [-0.2, 0) is 4.79 Å². The molecule has 0 spiro atoms. The number of carbonyl (C=O) groups is 1. The molecule has 2 atom stereocenters. The first-order valence-electron chi connectivity index (χ1n) is 6.58. The average molecular weight is 225 g/mol. The second-order valence-corrected chi connectivity index (χ2v) is 5.74. The molecule has 0 amide bonds. The summed E-state index contributed by atoms with van der Waals surface area (Å²) in [4.78, 5) is 13.5. The molecule has 2 aliphatic carbocycles. The van der Waals surface area contributed by atoms with Crippen LogP contribution in [0.4, 0.5) is 0 Å². The lowest BCUT2D eigenvalue weighted by molar-refractivity contribution is -0.149. The first-order chi connectivity index (χ1) is 7.59. The Morgan fingerprint density at radius 2 is 2.00 bits per heavy atom. The topological polar surface area (TPSA) is 40.5 Å². The van der Waals surface area contributed by atoms with Crippen LogP contribution in [0, 0.1) is 11.8 Å². The molecular weight excluding hydrogens is 202 g/mol. The molecule has 0 aromatic heterocycles. The zero-order chi connectivity index (χ0) is 11.7. The molecule has 2 saturated carbocycles. The Kier molecular flexibility index (Phi) is 3.53. The number of carboxylic acid groups (broad SMARTS) is 1. The van der Waals surface area contributed by atoms with E-state index in [0.29, 0.717) is 18.0 Å². The van der Waals surface area contributed by atoms with Gasteiger partial charge >= 0.3 is 5.97 Å². The van der Waals surface area contributed by atoms with Crippen molar-refractivity contribution in [1.29, 1.82) is 0 Å². The number of hydrogen-bond acceptors (Lipinski definition) is 2. The number of hydrogen-bond donors (Lipinski definition) is 1. The smallest absolute Gasteiger partial charge is 0.308 e. The molecule has 16 heavy (non-hydrogen) atoms. The Hall–Kier alpha value is -0.570. The minimum absolute atomic E-state index is 0.0900. The Morgan fingerprint density at radius 1 is 1.31 bits per heavy atom. The van der Waals surface area contributed by atoms with Crippen molar-refractivity contribution < 1.29 is 9.90 Å². The SMILES string of the molecule is CC(C)CCN(C1CC1)C1CCC1C(=O)O. The summed E-state index contributed by atoms with van der Waals surface area (Å²) in [5.41, 5.74) is 0. The molecule has 0 heterocycles. The Morgan fingerprint density at radius 3 is 2.38 bits per heavy atom. The largest absolute Gasteiger partial charge is 0.481 e. The van der Waals surface area contributed by atoms with Gasteiger partial charge in [0.15, 0.2) is 0 Å². The van der Waals surface area contributed by atoms with Crippen LogP contribution in [0.2, 0.25) is 0 Å². The fraction of sp³-hybridized carbons (Fsp3) is 0.923. The molecule has 2 aliphatic rings. The maximum Gasteiger partial charge on any atom is 0.308 e. The van der Waals surface area contributed by atoms with Crippen LogP contribution < -0.4 is 0 Å². The van der Waals surface area contributed by atoms with Crippen molar-refractivity contribution >= 4 is 5.97 Å². The highest BCUT2D eigenvalue weighted by molar-refractivity contribution is 5.72. The number of rotatable bonds is 6. The lowest BCUT2D eigenvalue weighted by Gasteiger charge is -2.42. The summed E-state index contributed by atoms with van der Waals surface area (Å²) in [6, 6.07) is 1.04. The van der Waals surface area contributed by atoms with E-state index >= 15 is 0 Å². The van der Waals surface area contributed by atoms with Crippen LogP contribution in [0.15, 0.2) is 0 Å². The van der Waals surface area contributed by atoms with Gasteiger partial charge in [-0.3, -0.25) is 9.69 Å². The summed E-state index contributed by atoms with van der Waals surface area (Å²) in [5.74, 6) is 0.0313. The van der Waals surface area contributed by atoms with E-state index in [0.717, 1.165) is 19.4 Å². The summed E-state index contributed by atoms with van der Waals surface area (Å²) in [6.07, 6.45) is 5.72. The molecule has 0 aromatic rings. The van der Waals surface area contributed by atoms with E-state index in [-0.39, 0.29) is 5.92 Å². The molecular formula is C13H23NO2. The van der Waals surface area contributed by atoms with Gasteiger partial charge < -0.3 is 5.11 Å². The molecule has 2 rings (SSSR count). The molecule has 2 fully saturated rings. The van der Waals surface area contributed by atoms with Gasteiger partial charge in [0, 0.05) is 12.1 Å². The molecule has 0 aromatic carbocycles. The van der Waals surface area contributed by atoms with E-state index < -0.39 is 5.97 Å². The Labute approximate surface area is 97.8 Å². The quantitative estimate of drug-likeness (QED) is 0.754. The van der Waals surface area contributed by atoms with E-state index in [4.69, 9.17) is 5.11 Å². The highest BCUT2D eigenvalue weighted by atomic mass is 16.4. The summed E-state index contributed by atoms with van der Waals surface area (Å²) < 4.78 is 0. The lowest BCUT2D eigenvalue weighted by atomic mass is 9.78. The fourth-order valence-electron chi connectivity index (χ4n) is 2.60. The minimum Gasteiger partial charge on any atom is -0.481 e. The van der Waals surface area contributed by atoms with Crippen molar-refractivity contribution in [1.82, 2.24) is 4.90 Å². The van der Waals surface area contributed by atoms with Crippen LogP contribution >= 0.6 is 0 Å². The highest BCUT2D eigenvalue weighted by Gasteiger charge is 2.44. The van der Waals surface area contributed by atoms with Gasteiger partial charge in [0.1, 0.15) is 0 Å². The maximum absolute atomic E-state index is 11.1. The third-order valence-corrected chi connectivity index (χ3v) is 3.96. The molecule has 0 saturated heterocycles. The summed E-state index contributed by atoms with van der Waals surface area (Å²) in [5, 5.41) is 9.11. The van der Waals surface area contributed by atoms with Gasteiger partial charge in [-0.2, -0.15) is 0 Å². The highest BCUT2D eigenvalue weighted by Crippen LogP contribution is 2.39. The van der Waals surface area contributed by atoms with Crippen LogP contribution in [0.25, 0.3) is 0 Å². The fourth-order valence-corrected chi connectivity index (χ4v) is 2.60. The second kappa shape index (κ2) is 4.74. The van der Waals surface area contributed by atoms with Crippen molar-refractivity contribution in [2.45, 2.75) is 58.0 Å². The number of aliphatic carboxylic acids is 1. The summed E-state index contributed by atoms with van der Waals surface area (Å²) in [6.45, 7) is 5.57. The predicted octanol–water partition coefficient (Wildman–Crippen LogP) is 2.36. The van der Waals surface area contributed by atoms with Crippen LogP contribution in [-0.4, -0.2) is 34.6 Å². The van der Waals surface area contributed by atoms with Gasteiger partial charge in [0.25, 0.3) is 0 Å². The lowest BCUT2D eigenvalue weighted by Crippen LogP contribution is -2.51. The van der Waals surface area contributed by atoms with Gasteiger partial charge in [0.05, 0.1) is 5.92 Å². The first kappa shape index (κ1) is 11.9. The minimum atomic E-state index is -0.591. The molecule has 0 aliphatic heterocycles. The molecule has 3 heteroatoms. The molecule has 2 unspecified atom stereocenters. The van der Waals surface area contributed by atoms with Crippen molar-refractivity contribution in [3.8, 4) is 0 Å². The molecule has 0 bridgehead atoms. The van der Waals surface area contributed by atoms with E-state index in [2.05, 4.69) is 18.7 Å². The summed E-state index contributed by atoms with van der Waals surface area (Å²) >= 11 is 0. The third-order valence-electron chi connectivity index (χ3n) is 3.96. The Bertz CT molecular complexity index is 261. The molecule has 3 nitrogen and oxygen atoms in total. The average Bonchev–Trinajstić information content (AvgIpc) is 2.91.